The number of nitrogens with zero attached hydrogens (tertiary/aromatic N) is 2. The number of aryl methyl sites for hydroxylation is 1. The second kappa shape index (κ2) is 9.31. The van der Waals surface area contributed by atoms with E-state index in [9.17, 15) is 13.2 Å². The highest BCUT2D eigenvalue weighted by molar-refractivity contribution is 7.92. The van der Waals surface area contributed by atoms with E-state index in [1.54, 1.807) is 25.1 Å². The number of hydrogen-bond acceptors (Lipinski definition) is 5. The first-order chi connectivity index (χ1) is 13.9. The monoisotopic (exact) mass is 411 g/mol. The normalized spacial score (nSPS) is 11.8. The summed E-state index contributed by atoms with van der Waals surface area (Å²) in [7, 11) is -3.85. The molecule has 3 aromatic rings. The first-order valence-electron chi connectivity index (χ1n) is 8.93. The highest BCUT2D eigenvalue weighted by Gasteiger charge is 2.23. The Balaban J connectivity index is 1.79. The largest absolute Gasteiger partial charge is 0.360 e. The van der Waals surface area contributed by atoms with Gasteiger partial charge in [-0.3, -0.25) is 4.79 Å². The van der Waals surface area contributed by atoms with Gasteiger partial charge in [-0.25, -0.2) is 8.42 Å². The first-order valence-corrected chi connectivity index (χ1v) is 10.4. The summed E-state index contributed by atoms with van der Waals surface area (Å²) in [5, 5.41) is 7.36. The molecule has 0 fully saturated rings. The van der Waals surface area contributed by atoms with Gasteiger partial charge >= 0.3 is 0 Å². The molecular formula is C21H21N3O4S. The number of nitrogens with one attached hydrogen (secondary N) is 1. The number of amides is 1. The molecule has 150 valence electrons. The zero-order valence-electron chi connectivity index (χ0n) is 15.9. The fourth-order valence-electron chi connectivity index (χ4n) is 2.61. The molecule has 3 rings (SSSR count). The second-order valence-corrected chi connectivity index (χ2v) is 8.20. The average molecular weight is 411 g/mol. The van der Waals surface area contributed by atoms with Crippen molar-refractivity contribution >= 4 is 27.8 Å². The molecule has 7 nitrogen and oxygen atoms in total. The second-order valence-electron chi connectivity index (χ2n) is 6.38. The lowest BCUT2D eigenvalue weighted by Crippen LogP contribution is -2.36. The van der Waals surface area contributed by atoms with Crippen molar-refractivity contribution in [1.82, 2.24) is 9.46 Å². The number of benzene rings is 2. The Morgan fingerprint density at radius 2 is 1.76 bits per heavy atom. The van der Waals surface area contributed by atoms with E-state index in [1.807, 2.05) is 48.5 Å². The van der Waals surface area contributed by atoms with Crippen LogP contribution in [0.4, 0.5) is 5.82 Å². The maximum Gasteiger partial charge on any atom is 0.240 e. The van der Waals surface area contributed by atoms with E-state index in [1.165, 1.54) is 6.08 Å². The van der Waals surface area contributed by atoms with Crippen LogP contribution in [-0.2, 0) is 21.4 Å². The Kier molecular flexibility index (Phi) is 6.58. The number of carbonyl (C=O) groups excluding carboxylic acids is 1. The molecule has 29 heavy (non-hydrogen) atoms. The Morgan fingerprint density at radius 3 is 2.38 bits per heavy atom. The van der Waals surface area contributed by atoms with Crippen LogP contribution in [-0.4, -0.2) is 30.3 Å². The van der Waals surface area contributed by atoms with Crippen LogP contribution < -0.4 is 5.32 Å². The van der Waals surface area contributed by atoms with Crippen molar-refractivity contribution in [2.24, 2.45) is 0 Å². The molecule has 0 saturated heterocycles. The van der Waals surface area contributed by atoms with Crippen LogP contribution in [0.3, 0.4) is 0 Å². The number of aromatic nitrogens is 1. The van der Waals surface area contributed by atoms with Gasteiger partial charge in [0.25, 0.3) is 0 Å². The van der Waals surface area contributed by atoms with Gasteiger partial charge in [-0.1, -0.05) is 65.8 Å². The number of hydrogen-bond donors (Lipinski definition) is 1. The van der Waals surface area contributed by atoms with Gasteiger partial charge in [0.15, 0.2) is 5.82 Å². The van der Waals surface area contributed by atoms with Crippen LogP contribution in [0.5, 0.6) is 0 Å². The average Bonchev–Trinajstić information content (AvgIpc) is 3.12. The Morgan fingerprint density at radius 1 is 1.10 bits per heavy atom. The molecule has 0 aliphatic rings. The number of sulfonamides is 1. The summed E-state index contributed by atoms with van der Waals surface area (Å²) < 4.78 is 31.9. The topological polar surface area (TPSA) is 92.5 Å². The zero-order valence-corrected chi connectivity index (χ0v) is 16.7. The van der Waals surface area contributed by atoms with Gasteiger partial charge in [0.05, 0.1) is 6.54 Å². The van der Waals surface area contributed by atoms with E-state index in [0.29, 0.717) is 5.76 Å². The fraction of sp³-hybridized carbons (Fsp3) is 0.143. The molecule has 1 aromatic heterocycles. The molecule has 0 aliphatic carbocycles. The van der Waals surface area contributed by atoms with Crippen molar-refractivity contribution in [3.8, 4) is 0 Å². The van der Waals surface area contributed by atoms with Crippen molar-refractivity contribution in [2.45, 2.75) is 13.5 Å². The van der Waals surface area contributed by atoms with Crippen LogP contribution in [0, 0.1) is 6.92 Å². The Hall–Kier alpha value is -3.23. The SMILES string of the molecule is Cc1cc(NC(=O)CN(Cc2ccccc2)S(=O)(=O)/C=C/c2ccccc2)no1. The van der Waals surface area contributed by atoms with E-state index >= 15 is 0 Å². The summed E-state index contributed by atoms with van der Waals surface area (Å²) in [5.74, 6) is 0.273. The third-order valence-corrected chi connectivity index (χ3v) is 5.47. The van der Waals surface area contributed by atoms with E-state index in [2.05, 4.69) is 10.5 Å². The van der Waals surface area contributed by atoms with Gasteiger partial charge in [-0.2, -0.15) is 4.31 Å². The molecule has 0 saturated carbocycles. The van der Waals surface area contributed by atoms with Crippen molar-refractivity contribution in [3.05, 3.63) is 89.0 Å². The van der Waals surface area contributed by atoms with Crippen molar-refractivity contribution in [1.29, 1.82) is 0 Å². The Labute approximate surface area is 169 Å². The van der Waals surface area contributed by atoms with E-state index in [0.717, 1.165) is 20.8 Å². The minimum Gasteiger partial charge on any atom is -0.360 e. The lowest BCUT2D eigenvalue weighted by atomic mass is 10.2. The number of rotatable bonds is 8. The predicted molar refractivity (Wildman–Crippen MR) is 111 cm³/mol. The molecule has 0 radical (unpaired) electrons. The first kappa shape index (κ1) is 20.5. The maximum absolute atomic E-state index is 12.9. The van der Waals surface area contributed by atoms with Crippen LogP contribution in [0.2, 0.25) is 0 Å². The highest BCUT2D eigenvalue weighted by Crippen LogP contribution is 2.14. The van der Waals surface area contributed by atoms with Crippen molar-refractivity contribution in [3.63, 3.8) is 0 Å². The van der Waals surface area contributed by atoms with Gasteiger partial charge in [0.2, 0.25) is 15.9 Å². The fourth-order valence-corrected chi connectivity index (χ4v) is 3.73. The van der Waals surface area contributed by atoms with Gasteiger partial charge in [0.1, 0.15) is 5.76 Å². The molecule has 0 unspecified atom stereocenters. The third-order valence-electron chi connectivity index (χ3n) is 4.01. The zero-order chi connectivity index (χ0) is 20.7. The van der Waals surface area contributed by atoms with E-state index in [4.69, 9.17) is 4.52 Å². The van der Waals surface area contributed by atoms with E-state index in [-0.39, 0.29) is 18.9 Å². The lowest BCUT2D eigenvalue weighted by molar-refractivity contribution is -0.116. The maximum atomic E-state index is 12.9. The van der Waals surface area contributed by atoms with Crippen LogP contribution in [0.25, 0.3) is 6.08 Å². The minimum atomic E-state index is -3.85. The molecule has 0 spiro atoms. The van der Waals surface area contributed by atoms with Gasteiger partial charge in [-0.15, -0.1) is 0 Å². The summed E-state index contributed by atoms with van der Waals surface area (Å²) in [5.41, 5.74) is 1.52. The summed E-state index contributed by atoms with van der Waals surface area (Å²) >= 11 is 0. The summed E-state index contributed by atoms with van der Waals surface area (Å²) in [6, 6.07) is 19.7. The predicted octanol–water partition coefficient (Wildman–Crippen LogP) is 3.42. The summed E-state index contributed by atoms with van der Waals surface area (Å²) in [6.07, 6.45) is 1.51. The van der Waals surface area contributed by atoms with Gasteiger partial charge < -0.3 is 9.84 Å². The minimum absolute atomic E-state index is 0.0631. The molecule has 1 N–H and O–H groups in total. The van der Waals surface area contributed by atoms with E-state index < -0.39 is 15.9 Å². The summed E-state index contributed by atoms with van der Waals surface area (Å²) in [6.45, 7) is 1.40. The smallest absolute Gasteiger partial charge is 0.240 e. The highest BCUT2D eigenvalue weighted by atomic mass is 32.2. The Bertz CT molecular complexity index is 1080. The van der Waals surface area contributed by atoms with Gasteiger partial charge in [0, 0.05) is 18.0 Å². The molecule has 0 aliphatic heterocycles. The molecule has 8 heteroatoms. The summed E-state index contributed by atoms with van der Waals surface area (Å²) in [4.78, 5) is 12.4. The third kappa shape index (κ3) is 6.13. The molecule has 2 aromatic carbocycles. The van der Waals surface area contributed by atoms with Crippen LogP contribution in [0.1, 0.15) is 16.9 Å². The molecule has 0 bridgehead atoms. The number of carbonyl (C=O) groups is 1. The molecule has 1 amide bonds. The molecule has 0 atom stereocenters. The quantitative estimate of drug-likeness (QED) is 0.613. The van der Waals surface area contributed by atoms with Gasteiger partial charge in [-0.05, 0) is 24.1 Å². The van der Waals surface area contributed by atoms with Crippen molar-refractivity contribution < 1.29 is 17.7 Å². The van der Waals surface area contributed by atoms with Crippen LogP contribution >= 0.6 is 0 Å². The standard InChI is InChI=1S/C21H21N3O4S/c1-17-14-20(23-28-17)22-21(25)16-24(15-19-10-6-3-7-11-19)29(26,27)13-12-18-8-4-2-5-9-18/h2-14H,15-16H2,1H3,(H,22,23,25)/b13-12+. The van der Waals surface area contributed by atoms with Crippen LogP contribution in [0.15, 0.2) is 76.7 Å². The molecule has 1 heterocycles. The lowest BCUT2D eigenvalue weighted by Gasteiger charge is -2.19. The van der Waals surface area contributed by atoms with Crippen molar-refractivity contribution in [2.75, 3.05) is 11.9 Å². The molecular weight excluding hydrogens is 390 g/mol. The number of anilines is 1.